The summed E-state index contributed by atoms with van der Waals surface area (Å²) in [5, 5.41) is 3.13. The molecule has 2 aromatic rings. The molecule has 1 amide bonds. The molecule has 1 aliphatic heterocycles. The van der Waals surface area contributed by atoms with Crippen LogP contribution in [0, 0.1) is 5.92 Å². The highest BCUT2D eigenvalue weighted by molar-refractivity contribution is 5.78. The number of carbonyl (C=O) groups excluding carboxylic acids is 1. The lowest BCUT2D eigenvalue weighted by atomic mass is 10.0. The first kappa shape index (κ1) is 18.3. The van der Waals surface area contributed by atoms with Crippen LogP contribution in [0.5, 0.6) is 0 Å². The predicted molar refractivity (Wildman–Crippen MR) is 109 cm³/mol. The Morgan fingerprint density at radius 2 is 1.81 bits per heavy atom. The molecule has 0 radical (unpaired) electrons. The van der Waals surface area contributed by atoms with Gasteiger partial charge in [0.25, 0.3) is 0 Å². The Balaban J connectivity index is 1.88. The van der Waals surface area contributed by atoms with Crippen LogP contribution in [0.25, 0.3) is 0 Å². The van der Waals surface area contributed by atoms with Gasteiger partial charge in [0.2, 0.25) is 5.91 Å². The van der Waals surface area contributed by atoms with E-state index in [-0.39, 0.29) is 17.9 Å². The minimum Gasteiger partial charge on any atom is -0.378 e. The number of amides is 1. The Hall–Kier alpha value is -2.49. The van der Waals surface area contributed by atoms with Crippen LogP contribution in [0.2, 0.25) is 0 Å². The molecule has 0 fully saturated rings. The monoisotopic (exact) mass is 351 g/mol. The van der Waals surface area contributed by atoms with Crippen molar-refractivity contribution in [2.75, 3.05) is 37.0 Å². The Morgan fingerprint density at radius 3 is 2.46 bits per heavy atom. The van der Waals surface area contributed by atoms with Gasteiger partial charge < -0.3 is 15.1 Å². The standard InChI is InChI=1S/C22H29N3O/c1-16(2)22(26)23-15-21(18-9-11-19(12-10-18)24(3)4)25-14-13-17-7-5-6-8-20(17)25/h5-12,16,21H,13-15H2,1-4H3,(H,23,26)/t21-/m0/s1. The first-order valence-electron chi connectivity index (χ1n) is 9.37. The number of nitrogens with one attached hydrogen (secondary N) is 1. The van der Waals surface area contributed by atoms with Gasteiger partial charge in [0.15, 0.2) is 0 Å². The maximum absolute atomic E-state index is 12.1. The fourth-order valence-corrected chi connectivity index (χ4v) is 3.49. The van der Waals surface area contributed by atoms with Gasteiger partial charge in [-0.05, 0) is 35.7 Å². The molecule has 1 atom stereocenters. The maximum atomic E-state index is 12.1. The van der Waals surface area contributed by atoms with Gasteiger partial charge >= 0.3 is 0 Å². The van der Waals surface area contributed by atoms with Crippen molar-refractivity contribution in [1.29, 1.82) is 0 Å². The normalized spacial score (nSPS) is 14.3. The number of benzene rings is 2. The molecule has 0 unspecified atom stereocenters. The first-order chi connectivity index (χ1) is 12.5. The van der Waals surface area contributed by atoms with Crippen molar-refractivity contribution in [1.82, 2.24) is 5.32 Å². The highest BCUT2D eigenvalue weighted by Crippen LogP contribution is 2.35. The fraction of sp³-hybridized carbons (Fsp3) is 0.409. The Kier molecular flexibility index (Phi) is 5.50. The number of rotatable bonds is 6. The average Bonchev–Trinajstić information content (AvgIpc) is 3.06. The molecule has 2 aromatic carbocycles. The van der Waals surface area contributed by atoms with Crippen molar-refractivity contribution in [3.8, 4) is 0 Å². The van der Waals surface area contributed by atoms with Crippen molar-refractivity contribution in [3.63, 3.8) is 0 Å². The van der Waals surface area contributed by atoms with Gasteiger partial charge in [0.1, 0.15) is 0 Å². The van der Waals surface area contributed by atoms with Crippen molar-refractivity contribution >= 4 is 17.3 Å². The SMILES string of the molecule is CC(C)C(=O)NC[C@@H](c1ccc(N(C)C)cc1)N1CCc2ccccc21. The molecule has 138 valence electrons. The van der Waals surface area contributed by atoms with E-state index in [9.17, 15) is 4.79 Å². The van der Waals surface area contributed by atoms with E-state index in [1.807, 2.05) is 27.9 Å². The van der Waals surface area contributed by atoms with Gasteiger partial charge in [-0.1, -0.05) is 44.2 Å². The Morgan fingerprint density at radius 1 is 1.12 bits per heavy atom. The summed E-state index contributed by atoms with van der Waals surface area (Å²) in [7, 11) is 4.10. The van der Waals surface area contributed by atoms with E-state index in [0.717, 1.165) is 13.0 Å². The van der Waals surface area contributed by atoms with Crippen LogP contribution in [0.1, 0.15) is 31.0 Å². The van der Waals surface area contributed by atoms with Crippen molar-refractivity contribution in [3.05, 3.63) is 59.7 Å². The maximum Gasteiger partial charge on any atom is 0.222 e. The zero-order valence-electron chi connectivity index (χ0n) is 16.2. The molecule has 4 heteroatoms. The van der Waals surface area contributed by atoms with Crippen LogP contribution in [-0.2, 0) is 11.2 Å². The molecule has 4 nitrogen and oxygen atoms in total. The number of fused-ring (bicyclic) bond motifs is 1. The number of para-hydroxylation sites is 1. The van der Waals surface area contributed by atoms with Crippen LogP contribution in [-0.4, -0.2) is 33.1 Å². The van der Waals surface area contributed by atoms with Crippen molar-refractivity contribution in [2.24, 2.45) is 5.92 Å². The molecule has 0 saturated carbocycles. The zero-order valence-corrected chi connectivity index (χ0v) is 16.2. The summed E-state index contributed by atoms with van der Waals surface area (Å²) in [5.74, 6) is 0.102. The van der Waals surface area contributed by atoms with Crippen LogP contribution in [0.3, 0.4) is 0 Å². The minimum atomic E-state index is -0.00219. The molecule has 0 spiro atoms. The molecule has 3 rings (SSSR count). The summed E-state index contributed by atoms with van der Waals surface area (Å²) in [4.78, 5) is 16.7. The summed E-state index contributed by atoms with van der Waals surface area (Å²) in [6.07, 6.45) is 1.06. The van der Waals surface area contributed by atoms with E-state index in [1.165, 1.54) is 22.5 Å². The third kappa shape index (κ3) is 3.85. The van der Waals surface area contributed by atoms with Gasteiger partial charge in [-0.25, -0.2) is 0 Å². The molecular weight excluding hydrogens is 322 g/mol. The summed E-state index contributed by atoms with van der Waals surface area (Å²) in [5.41, 5.74) is 5.09. The molecule has 1 heterocycles. The molecule has 0 aliphatic carbocycles. The molecule has 26 heavy (non-hydrogen) atoms. The minimum absolute atomic E-state index is 0.00219. The van der Waals surface area contributed by atoms with Crippen LogP contribution in [0.4, 0.5) is 11.4 Å². The number of nitrogens with zero attached hydrogens (tertiary/aromatic N) is 2. The number of hydrogen-bond acceptors (Lipinski definition) is 3. The van der Waals surface area contributed by atoms with E-state index in [2.05, 4.69) is 63.6 Å². The highest BCUT2D eigenvalue weighted by atomic mass is 16.1. The highest BCUT2D eigenvalue weighted by Gasteiger charge is 2.27. The average molecular weight is 351 g/mol. The van der Waals surface area contributed by atoms with Gasteiger partial charge in [-0.3, -0.25) is 4.79 Å². The second-order valence-electron chi connectivity index (χ2n) is 7.47. The summed E-state index contributed by atoms with van der Waals surface area (Å²) < 4.78 is 0. The molecular formula is C22H29N3O. The van der Waals surface area contributed by atoms with E-state index in [1.54, 1.807) is 0 Å². The van der Waals surface area contributed by atoms with Gasteiger partial charge in [0, 0.05) is 44.5 Å². The van der Waals surface area contributed by atoms with Crippen LogP contribution < -0.4 is 15.1 Å². The summed E-state index contributed by atoms with van der Waals surface area (Å²) in [6, 6.07) is 17.4. The molecule has 1 N–H and O–H groups in total. The van der Waals surface area contributed by atoms with E-state index in [0.29, 0.717) is 6.54 Å². The molecule has 0 saturated heterocycles. The van der Waals surface area contributed by atoms with Crippen molar-refractivity contribution < 1.29 is 4.79 Å². The van der Waals surface area contributed by atoms with Crippen molar-refractivity contribution in [2.45, 2.75) is 26.3 Å². The third-order valence-electron chi connectivity index (χ3n) is 5.09. The largest absolute Gasteiger partial charge is 0.378 e. The number of anilines is 2. The topological polar surface area (TPSA) is 35.6 Å². The second-order valence-corrected chi connectivity index (χ2v) is 7.47. The number of carbonyl (C=O) groups is 1. The lowest BCUT2D eigenvalue weighted by Gasteiger charge is -2.31. The van der Waals surface area contributed by atoms with Gasteiger partial charge in [0.05, 0.1) is 6.04 Å². The van der Waals surface area contributed by atoms with Crippen LogP contribution >= 0.6 is 0 Å². The summed E-state index contributed by atoms with van der Waals surface area (Å²) >= 11 is 0. The Labute approximate surface area is 156 Å². The van der Waals surface area contributed by atoms with E-state index < -0.39 is 0 Å². The molecule has 0 bridgehead atoms. The quantitative estimate of drug-likeness (QED) is 0.863. The van der Waals surface area contributed by atoms with E-state index in [4.69, 9.17) is 0 Å². The molecule has 0 aromatic heterocycles. The predicted octanol–water partition coefficient (Wildman–Crippen LogP) is 3.63. The lowest BCUT2D eigenvalue weighted by molar-refractivity contribution is -0.124. The van der Waals surface area contributed by atoms with Gasteiger partial charge in [-0.15, -0.1) is 0 Å². The molecule has 1 aliphatic rings. The number of hydrogen-bond donors (Lipinski definition) is 1. The third-order valence-corrected chi connectivity index (χ3v) is 5.09. The lowest BCUT2D eigenvalue weighted by Crippen LogP contribution is -2.38. The Bertz CT molecular complexity index is 752. The summed E-state index contributed by atoms with van der Waals surface area (Å²) in [6.45, 7) is 5.46. The fourth-order valence-electron chi connectivity index (χ4n) is 3.49. The zero-order chi connectivity index (χ0) is 18.7. The smallest absolute Gasteiger partial charge is 0.222 e. The first-order valence-corrected chi connectivity index (χ1v) is 9.37. The second kappa shape index (κ2) is 7.81. The van der Waals surface area contributed by atoms with E-state index >= 15 is 0 Å². The van der Waals surface area contributed by atoms with Gasteiger partial charge in [-0.2, -0.15) is 0 Å². The van der Waals surface area contributed by atoms with Crippen LogP contribution in [0.15, 0.2) is 48.5 Å².